The molecule has 3 rings (SSSR count). The van der Waals surface area contributed by atoms with Gasteiger partial charge in [0.25, 0.3) is 0 Å². The van der Waals surface area contributed by atoms with Crippen molar-refractivity contribution in [3.63, 3.8) is 0 Å². The SMILES string of the molecule is Cc1cc(NC(=O)C(=O)N2C[C@@H](C)CC[C@@H]2[C@@H]2CCC[C@@H](O)C2)cnc1NC(=O)OC(C)(C)C. The summed E-state index contributed by atoms with van der Waals surface area (Å²) in [5, 5.41) is 15.4. The van der Waals surface area contributed by atoms with Gasteiger partial charge in [-0.2, -0.15) is 0 Å². The van der Waals surface area contributed by atoms with Gasteiger partial charge in [0.05, 0.1) is 18.0 Å². The number of aryl methyl sites for hydroxylation is 1. The normalized spacial score (nSPS) is 25.4. The lowest BCUT2D eigenvalue weighted by molar-refractivity contribution is -0.148. The minimum atomic E-state index is -0.704. The number of pyridine rings is 1. The maximum Gasteiger partial charge on any atom is 0.413 e. The molecular formula is C25H38N4O5. The van der Waals surface area contributed by atoms with Crippen molar-refractivity contribution < 1.29 is 24.2 Å². The van der Waals surface area contributed by atoms with E-state index in [9.17, 15) is 19.5 Å². The minimum Gasteiger partial charge on any atom is -0.444 e. The van der Waals surface area contributed by atoms with E-state index in [0.717, 1.165) is 32.1 Å². The van der Waals surface area contributed by atoms with Crippen molar-refractivity contribution in [1.29, 1.82) is 0 Å². The van der Waals surface area contributed by atoms with Crippen LogP contribution in [-0.4, -0.2) is 57.2 Å². The largest absolute Gasteiger partial charge is 0.444 e. The molecule has 0 radical (unpaired) electrons. The topological polar surface area (TPSA) is 121 Å². The molecule has 34 heavy (non-hydrogen) atoms. The van der Waals surface area contributed by atoms with E-state index in [-0.39, 0.29) is 18.1 Å². The molecule has 188 valence electrons. The van der Waals surface area contributed by atoms with Crippen LogP contribution in [0, 0.1) is 18.8 Å². The molecule has 1 saturated heterocycles. The second-order valence-corrected chi connectivity index (χ2v) is 10.8. The summed E-state index contributed by atoms with van der Waals surface area (Å²) < 4.78 is 5.24. The minimum absolute atomic E-state index is 0.0235. The lowest BCUT2D eigenvalue weighted by atomic mass is 9.77. The third kappa shape index (κ3) is 6.91. The van der Waals surface area contributed by atoms with Crippen LogP contribution in [0.25, 0.3) is 0 Å². The summed E-state index contributed by atoms with van der Waals surface area (Å²) in [6.07, 6.45) is 5.72. The molecule has 0 spiro atoms. The number of piperidine rings is 1. The van der Waals surface area contributed by atoms with Crippen LogP contribution in [0.4, 0.5) is 16.3 Å². The van der Waals surface area contributed by atoms with Crippen LogP contribution in [0.5, 0.6) is 0 Å². The van der Waals surface area contributed by atoms with Gasteiger partial charge in [-0.1, -0.05) is 13.3 Å². The number of carbonyl (C=O) groups is 3. The smallest absolute Gasteiger partial charge is 0.413 e. The number of nitrogens with zero attached hydrogens (tertiary/aromatic N) is 2. The Morgan fingerprint density at radius 2 is 1.88 bits per heavy atom. The molecule has 1 aliphatic heterocycles. The average molecular weight is 475 g/mol. The summed E-state index contributed by atoms with van der Waals surface area (Å²) in [4.78, 5) is 44.0. The molecule has 9 heteroatoms. The Morgan fingerprint density at radius 3 is 2.53 bits per heavy atom. The predicted molar refractivity (Wildman–Crippen MR) is 129 cm³/mol. The van der Waals surface area contributed by atoms with E-state index in [1.165, 1.54) is 6.20 Å². The molecule has 2 fully saturated rings. The molecule has 2 heterocycles. The first-order chi connectivity index (χ1) is 15.9. The van der Waals surface area contributed by atoms with Gasteiger partial charge in [-0.3, -0.25) is 14.9 Å². The van der Waals surface area contributed by atoms with Crippen molar-refractivity contribution in [3.8, 4) is 0 Å². The fourth-order valence-corrected chi connectivity index (χ4v) is 4.94. The van der Waals surface area contributed by atoms with Gasteiger partial charge in [0.1, 0.15) is 11.4 Å². The van der Waals surface area contributed by atoms with Crippen molar-refractivity contribution in [3.05, 3.63) is 17.8 Å². The molecule has 4 atom stereocenters. The number of amides is 3. The Kier molecular flexibility index (Phi) is 8.17. The van der Waals surface area contributed by atoms with Crippen molar-refractivity contribution in [2.45, 2.75) is 90.9 Å². The number of likely N-dealkylation sites (tertiary alicyclic amines) is 1. The predicted octanol–water partition coefficient (Wildman–Crippen LogP) is 3.85. The highest BCUT2D eigenvalue weighted by Crippen LogP contribution is 2.35. The quantitative estimate of drug-likeness (QED) is 0.572. The van der Waals surface area contributed by atoms with Crippen LogP contribution < -0.4 is 10.6 Å². The van der Waals surface area contributed by atoms with Crippen LogP contribution >= 0.6 is 0 Å². The van der Waals surface area contributed by atoms with Gasteiger partial charge < -0.3 is 20.1 Å². The number of aliphatic hydroxyl groups is 1. The molecule has 0 bridgehead atoms. The summed E-state index contributed by atoms with van der Waals surface area (Å²) in [6, 6.07) is 1.63. The van der Waals surface area contributed by atoms with Crippen LogP contribution in [0.2, 0.25) is 0 Å². The highest BCUT2D eigenvalue weighted by Gasteiger charge is 2.39. The van der Waals surface area contributed by atoms with Crippen molar-refractivity contribution in [2.24, 2.45) is 11.8 Å². The molecule has 1 aromatic heterocycles. The van der Waals surface area contributed by atoms with E-state index >= 15 is 0 Å². The number of hydrogen-bond donors (Lipinski definition) is 3. The fourth-order valence-electron chi connectivity index (χ4n) is 4.94. The van der Waals surface area contributed by atoms with E-state index in [2.05, 4.69) is 22.5 Å². The third-order valence-corrected chi connectivity index (χ3v) is 6.51. The Morgan fingerprint density at radius 1 is 1.15 bits per heavy atom. The number of ether oxygens (including phenoxy) is 1. The van der Waals surface area contributed by atoms with E-state index in [1.54, 1.807) is 38.7 Å². The van der Waals surface area contributed by atoms with Gasteiger partial charge in [0.15, 0.2) is 0 Å². The van der Waals surface area contributed by atoms with Crippen LogP contribution in [0.15, 0.2) is 12.3 Å². The maximum atomic E-state index is 13.2. The summed E-state index contributed by atoms with van der Waals surface area (Å²) in [6.45, 7) is 9.69. The molecular weight excluding hydrogens is 436 g/mol. The number of nitrogens with one attached hydrogen (secondary N) is 2. The van der Waals surface area contributed by atoms with Gasteiger partial charge in [0, 0.05) is 12.6 Å². The van der Waals surface area contributed by atoms with E-state index in [4.69, 9.17) is 4.74 Å². The summed E-state index contributed by atoms with van der Waals surface area (Å²) >= 11 is 0. The van der Waals surface area contributed by atoms with Crippen LogP contribution in [0.3, 0.4) is 0 Å². The monoisotopic (exact) mass is 474 g/mol. The molecule has 9 nitrogen and oxygen atoms in total. The summed E-state index contributed by atoms with van der Waals surface area (Å²) in [7, 11) is 0. The van der Waals surface area contributed by atoms with Gasteiger partial charge in [-0.15, -0.1) is 0 Å². The average Bonchev–Trinajstić information content (AvgIpc) is 2.73. The number of rotatable bonds is 3. The van der Waals surface area contributed by atoms with Crippen molar-refractivity contribution in [1.82, 2.24) is 9.88 Å². The lowest BCUT2D eigenvalue weighted by Crippen LogP contribution is -2.53. The van der Waals surface area contributed by atoms with Gasteiger partial charge in [-0.05, 0) is 83.3 Å². The van der Waals surface area contributed by atoms with Crippen molar-refractivity contribution in [2.75, 3.05) is 17.2 Å². The molecule has 0 unspecified atom stereocenters. The van der Waals surface area contributed by atoms with Gasteiger partial charge >= 0.3 is 17.9 Å². The first kappa shape index (κ1) is 25.9. The zero-order valence-corrected chi connectivity index (χ0v) is 20.9. The lowest BCUT2D eigenvalue weighted by Gasteiger charge is -2.44. The standard InChI is InChI=1S/C25H38N4O5/c1-15-9-10-20(17-7-6-8-19(30)12-17)29(14-15)23(32)22(31)27-18-11-16(2)21(26-13-18)28-24(33)34-25(3,4)5/h11,13,15,17,19-20,30H,6-10,12,14H2,1-5H3,(H,27,31)(H,26,28,33)/t15-,17+,19+,20+/m0/s1. The number of anilines is 2. The fraction of sp³-hybridized carbons (Fsp3) is 0.680. The number of aromatic nitrogens is 1. The molecule has 2 aliphatic rings. The number of carbonyl (C=O) groups excluding carboxylic acids is 3. The van der Waals surface area contributed by atoms with Crippen LogP contribution in [-0.2, 0) is 14.3 Å². The second-order valence-electron chi connectivity index (χ2n) is 10.8. The van der Waals surface area contributed by atoms with Gasteiger partial charge in [0.2, 0.25) is 0 Å². The Labute approximate surface area is 201 Å². The Bertz CT molecular complexity index is 913. The second kappa shape index (κ2) is 10.7. The number of aliphatic hydroxyl groups excluding tert-OH is 1. The first-order valence-corrected chi connectivity index (χ1v) is 12.2. The van der Waals surface area contributed by atoms with Crippen molar-refractivity contribution >= 4 is 29.4 Å². The molecule has 3 N–H and O–H groups in total. The van der Waals surface area contributed by atoms with E-state index in [1.807, 2.05) is 0 Å². The molecule has 3 amide bonds. The molecule has 1 aromatic rings. The van der Waals surface area contributed by atoms with E-state index < -0.39 is 23.5 Å². The first-order valence-electron chi connectivity index (χ1n) is 12.2. The van der Waals surface area contributed by atoms with Crippen LogP contribution in [0.1, 0.15) is 71.8 Å². The van der Waals surface area contributed by atoms with E-state index in [0.29, 0.717) is 36.0 Å². The zero-order chi connectivity index (χ0) is 25.0. The molecule has 1 saturated carbocycles. The highest BCUT2D eigenvalue weighted by molar-refractivity contribution is 6.39. The van der Waals surface area contributed by atoms with Gasteiger partial charge in [-0.25, -0.2) is 9.78 Å². The summed E-state index contributed by atoms with van der Waals surface area (Å²) in [5.41, 5.74) is 0.364. The third-order valence-electron chi connectivity index (χ3n) is 6.51. The number of hydrogen-bond acceptors (Lipinski definition) is 6. The maximum absolute atomic E-state index is 13.2. The zero-order valence-electron chi connectivity index (χ0n) is 20.9. The molecule has 0 aromatic carbocycles. The summed E-state index contributed by atoms with van der Waals surface area (Å²) in [5.74, 6) is -0.396. The molecule has 1 aliphatic carbocycles. The Hall–Kier alpha value is -2.68. The highest BCUT2D eigenvalue weighted by atomic mass is 16.6. The Balaban J connectivity index is 1.66.